The predicted molar refractivity (Wildman–Crippen MR) is 92.9 cm³/mol. The number of amides is 1. The van der Waals surface area contributed by atoms with Gasteiger partial charge in [-0.2, -0.15) is 0 Å². The number of aliphatic hydroxyl groups excluding tert-OH is 1. The van der Waals surface area contributed by atoms with E-state index in [1.54, 1.807) is 4.90 Å². The zero-order chi connectivity index (χ0) is 16.5. The highest BCUT2D eigenvalue weighted by molar-refractivity contribution is 5.78. The van der Waals surface area contributed by atoms with Crippen LogP contribution in [0.2, 0.25) is 0 Å². The maximum atomic E-state index is 12.8. The van der Waals surface area contributed by atoms with E-state index in [1.165, 1.54) is 0 Å². The van der Waals surface area contributed by atoms with Gasteiger partial charge in [-0.1, -0.05) is 60.7 Å². The minimum atomic E-state index is -0.0849. The van der Waals surface area contributed by atoms with Crippen molar-refractivity contribution in [3.8, 4) is 0 Å². The van der Waals surface area contributed by atoms with Crippen LogP contribution >= 0.6 is 0 Å². The lowest BCUT2D eigenvalue weighted by Gasteiger charge is -2.24. The number of benzene rings is 2. The standard InChI is InChI=1S/C20H25NO2/c1-21(16-18-11-6-3-7-12-18)20(23)19(13-8-14-22)15-17-9-4-2-5-10-17/h2-7,9-12,19,22H,8,13-16H2,1H3. The summed E-state index contributed by atoms with van der Waals surface area (Å²) in [6.07, 6.45) is 2.09. The highest BCUT2D eigenvalue weighted by Gasteiger charge is 2.22. The summed E-state index contributed by atoms with van der Waals surface area (Å²) in [7, 11) is 1.85. The van der Waals surface area contributed by atoms with Crippen LogP contribution in [-0.2, 0) is 17.8 Å². The van der Waals surface area contributed by atoms with Crippen LogP contribution < -0.4 is 0 Å². The quantitative estimate of drug-likeness (QED) is 0.813. The Kier molecular flexibility index (Phi) is 6.82. The third kappa shape index (κ3) is 5.53. The summed E-state index contributed by atoms with van der Waals surface area (Å²) in [5.74, 6) is 0.0596. The van der Waals surface area contributed by atoms with E-state index in [2.05, 4.69) is 12.1 Å². The largest absolute Gasteiger partial charge is 0.396 e. The smallest absolute Gasteiger partial charge is 0.226 e. The van der Waals surface area contributed by atoms with Crippen molar-refractivity contribution in [3.63, 3.8) is 0 Å². The first-order valence-electron chi connectivity index (χ1n) is 8.14. The van der Waals surface area contributed by atoms with E-state index in [0.29, 0.717) is 19.4 Å². The Labute approximate surface area is 138 Å². The van der Waals surface area contributed by atoms with Gasteiger partial charge in [0, 0.05) is 26.1 Å². The Balaban J connectivity index is 2.03. The molecule has 1 amide bonds. The van der Waals surface area contributed by atoms with Crippen LogP contribution in [0, 0.1) is 5.92 Å². The molecule has 0 saturated carbocycles. The van der Waals surface area contributed by atoms with Gasteiger partial charge in [0.1, 0.15) is 0 Å². The molecule has 3 nitrogen and oxygen atoms in total. The maximum absolute atomic E-state index is 12.8. The number of aliphatic hydroxyl groups is 1. The highest BCUT2D eigenvalue weighted by atomic mass is 16.3. The number of nitrogens with zero attached hydrogens (tertiary/aromatic N) is 1. The second-order valence-corrected chi connectivity index (χ2v) is 5.93. The summed E-state index contributed by atoms with van der Waals surface area (Å²) in [6, 6.07) is 20.1. The third-order valence-corrected chi connectivity index (χ3v) is 4.02. The zero-order valence-corrected chi connectivity index (χ0v) is 13.7. The van der Waals surface area contributed by atoms with Gasteiger partial charge in [0.05, 0.1) is 0 Å². The van der Waals surface area contributed by atoms with Crippen molar-refractivity contribution in [2.24, 2.45) is 5.92 Å². The lowest BCUT2D eigenvalue weighted by molar-refractivity contribution is -0.135. The van der Waals surface area contributed by atoms with Crippen molar-refractivity contribution >= 4 is 5.91 Å². The molecule has 2 aromatic rings. The molecule has 2 aromatic carbocycles. The molecule has 0 aliphatic rings. The average molecular weight is 311 g/mol. The van der Waals surface area contributed by atoms with Gasteiger partial charge in [0.2, 0.25) is 5.91 Å². The summed E-state index contributed by atoms with van der Waals surface area (Å²) in [5, 5.41) is 9.11. The molecule has 0 aliphatic carbocycles. The highest BCUT2D eigenvalue weighted by Crippen LogP contribution is 2.18. The molecule has 0 heterocycles. The Hall–Kier alpha value is -2.13. The van der Waals surface area contributed by atoms with E-state index in [1.807, 2.05) is 55.6 Å². The molecule has 1 unspecified atom stereocenters. The van der Waals surface area contributed by atoms with Crippen LogP contribution in [0.1, 0.15) is 24.0 Å². The molecule has 0 fully saturated rings. The van der Waals surface area contributed by atoms with E-state index < -0.39 is 0 Å². The first-order chi connectivity index (χ1) is 11.2. The molecule has 23 heavy (non-hydrogen) atoms. The Morgan fingerprint density at radius 3 is 2.13 bits per heavy atom. The van der Waals surface area contributed by atoms with E-state index in [0.717, 1.165) is 17.5 Å². The summed E-state index contributed by atoms with van der Waals surface area (Å²) >= 11 is 0. The van der Waals surface area contributed by atoms with Crippen molar-refractivity contribution in [1.29, 1.82) is 0 Å². The fourth-order valence-corrected chi connectivity index (χ4v) is 2.80. The van der Waals surface area contributed by atoms with Gasteiger partial charge < -0.3 is 10.0 Å². The van der Waals surface area contributed by atoms with Crippen LogP contribution in [-0.4, -0.2) is 29.6 Å². The molecule has 0 aliphatic heterocycles. The first kappa shape index (κ1) is 17.2. The van der Waals surface area contributed by atoms with E-state index >= 15 is 0 Å². The van der Waals surface area contributed by atoms with Gasteiger partial charge in [-0.05, 0) is 30.4 Å². The van der Waals surface area contributed by atoms with Crippen molar-refractivity contribution in [3.05, 3.63) is 71.8 Å². The monoisotopic (exact) mass is 311 g/mol. The summed E-state index contributed by atoms with van der Waals surface area (Å²) in [6.45, 7) is 0.741. The van der Waals surface area contributed by atoms with Crippen molar-refractivity contribution in [1.82, 2.24) is 4.90 Å². The molecule has 1 N–H and O–H groups in total. The number of carbonyl (C=O) groups excluding carboxylic acids is 1. The van der Waals surface area contributed by atoms with Crippen LogP contribution in [0.5, 0.6) is 0 Å². The van der Waals surface area contributed by atoms with Gasteiger partial charge in [0.25, 0.3) is 0 Å². The molecule has 3 heteroatoms. The summed E-state index contributed by atoms with van der Waals surface area (Å²) in [5.41, 5.74) is 2.29. The molecule has 0 radical (unpaired) electrons. The van der Waals surface area contributed by atoms with Gasteiger partial charge in [-0.15, -0.1) is 0 Å². The van der Waals surface area contributed by atoms with Crippen molar-refractivity contribution < 1.29 is 9.90 Å². The maximum Gasteiger partial charge on any atom is 0.226 e. The topological polar surface area (TPSA) is 40.5 Å². The lowest BCUT2D eigenvalue weighted by Crippen LogP contribution is -2.33. The van der Waals surface area contributed by atoms with Crippen LogP contribution in [0.15, 0.2) is 60.7 Å². The number of carbonyl (C=O) groups is 1. The summed E-state index contributed by atoms with van der Waals surface area (Å²) in [4.78, 5) is 14.6. The first-order valence-corrected chi connectivity index (χ1v) is 8.14. The van der Waals surface area contributed by atoms with Gasteiger partial charge in [0.15, 0.2) is 0 Å². The van der Waals surface area contributed by atoms with Gasteiger partial charge in [-0.25, -0.2) is 0 Å². The van der Waals surface area contributed by atoms with E-state index in [-0.39, 0.29) is 18.4 Å². The van der Waals surface area contributed by atoms with Gasteiger partial charge in [-0.3, -0.25) is 4.79 Å². The third-order valence-electron chi connectivity index (χ3n) is 4.02. The van der Waals surface area contributed by atoms with Crippen LogP contribution in [0.4, 0.5) is 0 Å². The molecule has 0 saturated heterocycles. The number of hydrogen-bond donors (Lipinski definition) is 1. The Morgan fingerprint density at radius 2 is 1.57 bits per heavy atom. The van der Waals surface area contributed by atoms with E-state index in [9.17, 15) is 4.79 Å². The fraction of sp³-hybridized carbons (Fsp3) is 0.350. The SMILES string of the molecule is CN(Cc1ccccc1)C(=O)C(CCCO)Cc1ccccc1. The van der Waals surface area contributed by atoms with Gasteiger partial charge >= 0.3 is 0 Å². The number of rotatable bonds is 8. The normalized spacial score (nSPS) is 11.9. The minimum absolute atomic E-state index is 0.0849. The molecule has 0 bridgehead atoms. The van der Waals surface area contributed by atoms with E-state index in [4.69, 9.17) is 5.11 Å². The zero-order valence-electron chi connectivity index (χ0n) is 13.7. The number of hydrogen-bond acceptors (Lipinski definition) is 2. The second kappa shape index (κ2) is 9.11. The van der Waals surface area contributed by atoms with Crippen molar-refractivity contribution in [2.75, 3.05) is 13.7 Å². The average Bonchev–Trinajstić information content (AvgIpc) is 2.59. The molecule has 122 valence electrons. The molecule has 1 atom stereocenters. The molecular weight excluding hydrogens is 286 g/mol. The second-order valence-electron chi connectivity index (χ2n) is 5.93. The molecule has 0 spiro atoms. The van der Waals surface area contributed by atoms with Crippen LogP contribution in [0.3, 0.4) is 0 Å². The van der Waals surface area contributed by atoms with Crippen molar-refractivity contribution in [2.45, 2.75) is 25.8 Å². The molecule has 0 aromatic heterocycles. The minimum Gasteiger partial charge on any atom is -0.396 e. The fourth-order valence-electron chi connectivity index (χ4n) is 2.80. The molecular formula is C20H25NO2. The Bertz CT molecular complexity index is 583. The summed E-state index contributed by atoms with van der Waals surface area (Å²) < 4.78 is 0. The van der Waals surface area contributed by atoms with Crippen LogP contribution in [0.25, 0.3) is 0 Å². The Morgan fingerprint density at radius 1 is 1.00 bits per heavy atom. The molecule has 2 rings (SSSR count). The lowest BCUT2D eigenvalue weighted by atomic mass is 9.93. The predicted octanol–water partition coefficient (Wildman–Crippen LogP) is 3.28.